The molecule has 0 N–H and O–H groups in total. The summed E-state index contributed by atoms with van der Waals surface area (Å²) >= 11 is 0. The summed E-state index contributed by atoms with van der Waals surface area (Å²) in [7, 11) is -0.850. The van der Waals surface area contributed by atoms with Crippen molar-refractivity contribution in [1.29, 1.82) is 0 Å². The minimum Gasteiger partial charge on any atom is -0.399 e. The Bertz CT molecular complexity index is 1820. The largest absolute Gasteiger partial charge is 0.494 e. The van der Waals surface area contributed by atoms with E-state index < -0.39 is 36.6 Å². The molecule has 2 aliphatic rings. The van der Waals surface area contributed by atoms with Gasteiger partial charge in [0.1, 0.15) is 6.33 Å². The van der Waals surface area contributed by atoms with Gasteiger partial charge >= 0.3 is 14.2 Å². The zero-order chi connectivity index (χ0) is 33.9. The average molecular weight is 637 g/mol. The van der Waals surface area contributed by atoms with Gasteiger partial charge in [-0.05, 0) is 101 Å². The summed E-state index contributed by atoms with van der Waals surface area (Å²) in [6, 6.07) is 33.2. The molecular formula is C39H41B2N3O4. The lowest BCUT2D eigenvalue weighted by atomic mass is 9.78. The van der Waals surface area contributed by atoms with Gasteiger partial charge < -0.3 is 18.6 Å². The molecule has 9 heteroatoms. The Kier molecular flexibility index (Phi) is 7.95. The predicted molar refractivity (Wildman–Crippen MR) is 193 cm³/mol. The van der Waals surface area contributed by atoms with Gasteiger partial charge in [0.05, 0.1) is 22.4 Å². The molecule has 3 heterocycles. The molecule has 0 saturated carbocycles. The second-order valence-electron chi connectivity index (χ2n) is 14.7. The highest BCUT2D eigenvalue weighted by Gasteiger charge is 2.52. The summed E-state index contributed by atoms with van der Waals surface area (Å²) in [4.78, 5) is 14.0. The first-order chi connectivity index (χ1) is 22.7. The lowest BCUT2D eigenvalue weighted by Crippen LogP contribution is -2.41. The molecule has 7 nitrogen and oxygen atoms in total. The molecule has 2 aliphatic heterocycles. The first-order valence-corrected chi connectivity index (χ1v) is 16.5. The smallest absolute Gasteiger partial charge is 0.399 e. The van der Waals surface area contributed by atoms with Crippen molar-refractivity contribution in [2.45, 2.75) is 77.8 Å². The lowest BCUT2D eigenvalue weighted by Gasteiger charge is -2.32. The third kappa shape index (κ3) is 6.01. The first kappa shape index (κ1) is 32.4. The fourth-order valence-corrected chi connectivity index (χ4v) is 5.94. The topological polar surface area (TPSA) is 75.6 Å². The molecule has 5 aromatic rings. The van der Waals surface area contributed by atoms with E-state index in [1.165, 1.54) is 0 Å². The van der Waals surface area contributed by atoms with E-state index in [0.29, 0.717) is 11.6 Å². The number of nitrogens with zero attached hydrogens (tertiary/aromatic N) is 3. The molecule has 0 atom stereocenters. The van der Waals surface area contributed by atoms with Crippen LogP contribution in [0.1, 0.15) is 55.4 Å². The molecule has 0 spiro atoms. The molecule has 0 unspecified atom stereocenters. The maximum absolute atomic E-state index is 6.31. The molecule has 7 rings (SSSR count). The zero-order valence-electron chi connectivity index (χ0n) is 28.9. The zero-order valence-corrected chi connectivity index (χ0v) is 28.9. The maximum Gasteiger partial charge on any atom is 0.494 e. The van der Waals surface area contributed by atoms with Crippen molar-refractivity contribution in [2.24, 2.45) is 0 Å². The Morgan fingerprint density at radius 3 is 1.10 bits per heavy atom. The van der Waals surface area contributed by atoms with Gasteiger partial charge in [0.15, 0.2) is 11.6 Å². The third-order valence-corrected chi connectivity index (χ3v) is 10.3. The Labute approximate surface area is 284 Å². The van der Waals surface area contributed by atoms with Crippen LogP contribution in [0, 0.1) is 0 Å². The highest BCUT2D eigenvalue weighted by molar-refractivity contribution is 6.62. The number of aromatic nitrogens is 3. The summed E-state index contributed by atoms with van der Waals surface area (Å²) in [6.07, 6.45) is 1.58. The summed E-state index contributed by atoms with van der Waals surface area (Å²) in [6.45, 7) is 16.6. The molecule has 0 aliphatic carbocycles. The second kappa shape index (κ2) is 11.8. The summed E-state index contributed by atoms with van der Waals surface area (Å²) in [5.41, 5.74) is 6.41. The Hall–Kier alpha value is -4.14. The van der Waals surface area contributed by atoms with Gasteiger partial charge in [0.2, 0.25) is 0 Å². The monoisotopic (exact) mass is 637 g/mol. The van der Waals surface area contributed by atoms with Crippen LogP contribution in [0.15, 0.2) is 103 Å². The molecule has 0 radical (unpaired) electrons. The normalized spacial score (nSPS) is 19.1. The number of benzene rings is 4. The van der Waals surface area contributed by atoms with Crippen LogP contribution >= 0.6 is 0 Å². The van der Waals surface area contributed by atoms with Crippen LogP contribution < -0.4 is 10.9 Å². The van der Waals surface area contributed by atoms with Crippen molar-refractivity contribution < 1.29 is 18.6 Å². The van der Waals surface area contributed by atoms with Crippen LogP contribution in [0.25, 0.3) is 45.0 Å². The lowest BCUT2D eigenvalue weighted by molar-refractivity contribution is 0.00578. The van der Waals surface area contributed by atoms with E-state index in [-0.39, 0.29) is 0 Å². The molecule has 2 fully saturated rings. The van der Waals surface area contributed by atoms with Crippen molar-refractivity contribution in [1.82, 2.24) is 15.0 Å². The summed E-state index contributed by atoms with van der Waals surface area (Å²) in [5, 5.41) is 0. The van der Waals surface area contributed by atoms with Gasteiger partial charge in [-0.25, -0.2) is 15.0 Å². The quantitative estimate of drug-likeness (QED) is 0.183. The minimum absolute atomic E-state index is 0.401. The fourth-order valence-electron chi connectivity index (χ4n) is 5.94. The van der Waals surface area contributed by atoms with Crippen molar-refractivity contribution in [3.05, 3.63) is 103 Å². The van der Waals surface area contributed by atoms with Crippen molar-refractivity contribution >= 4 is 25.2 Å². The molecule has 0 bridgehead atoms. The number of rotatable bonds is 6. The van der Waals surface area contributed by atoms with Crippen LogP contribution in [-0.4, -0.2) is 51.6 Å². The third-order valence-electron chi connectivity index (χ3n) is 10.3. The van der Waals surface area contributed by atoms with E-state index in [9.17, 15) is 0 Å². The Balaban J connectivity index is 1.14. The van der Waals surface area contributed by atoms with E-state index >= 15 is 0 Å². The van der Waals surface area contributed by atoms with Gasteiger partial charge in [-0.15, -0.1) is 0 Å². The standard InChI is InChI=1S/C39H41B2N3O4/c1-36(2)37(3,4)46-40(45-36)32-19-11-15-28(23-32)26-13-9-17-30(21-26)34-42-25-43-35(44-34)31-18-10-14-27(22-31)29-16-12-20-33(24-29)41-47-38(5,6)39(7,8)48-41/h9-25H,1-8H3. The Morgan fingerprint density at radius 1 is 0.417 bits per heavy atom. The van der Waals surface area contributed by atoms with Gasteiger partial charge in [-0.1, -0.05) is 84.9 Å². The van der Waals surface area contributed by atoms with Crippen LogP contribution in [0.4, 0.5) is 0 Å². The molecule has 48 heavy (non-hydrogen) atoms. The van der Waals surface area contributed by atoms with Crippen molar-refractivity contribution in [2.75, 3.05) is 0 Å². The van der Waals surface area contributed by atoms with E-state index in [0.717, 1.165) is 44.3 Å². The average Bonchev–Trinajstić information content (AvgIpc) is 3.44. The molecular weight excluding hydrogens is 596 g/mol. The predicted octanol–water partition coefficient (Wildman–Crippen LogP) is 7.14. The van der Waals surface area contributed by atoms with Crippen molar-refractivity contribution in [3.63, 3.8) is 0 Å². The van der Waals surface area contributed by atoms with Gasteiger partial charge in [-0.3, -0.25) is 0 Å². The summed E-state index contributed by atoms with van der Waals surface area (Å²) in [5.74, 6) is 1.22. The van der Waals surface area contributed by atoms with Crippen LogP contribution in [0.2, 0.25) is 0 Å². The van der Waals surface area contributed by atoms with Gasteiger partial charge in [0, 0.05) is 11.1 Å². The molecule has 4 aromatic carbocycles. The Morgan fingerprint density at radius 2 is 0.729 bits per heavy atom. The minimum atomic E-state index is -0.425. The molecule has 2 saturated heterocycles. The van der Waals surface area contributed by atoms with E-state index in [4.69, 9.17) is 23.6 Å². The first-order valence-electron chi connectivity index (χ1n) is 16.5. The van der Waals surface area contributed by atoms with Gasteiger partial charge in [-0.2, -0.15) is 0 Å². The maximum atomic E-state index is 6.31. The molecule has 0 amide bonds. The summed E-state index contributed by atoms with van der Waals surface area (Å²) < 4.78 is 25.2. The molecule has 1 aromatic heterocycles. The highest BCUT2D eigenvalue weighted by atomic mass is 16.7. The van der Waals surface area contributed by atoms with Crippen LogP contribution in [0.3, 0.4) is 0 Å². The number of hydrogen-bond acceptors (Lipinski definition) is 7. The van der Waals surface area contributed by atoms with Gasteiger partial charge in [0.25, 0.3) is 0 Å². The second-order valence-corrected chi connectivity index (χ2v) is 14.7. The highest BCUT2D eigenvalue weighted by Crippen LogP contribution is 2.38. The van der Waals surface area contributed by atoms with E-state index in [2.05, 4.69) is 126 Å². The van der Waals surface area contributed by atoms with E-state index in [1.54, 1.807) is 6.33 Å². The fraction of sp³-hybridized carbons (Fsp3) is 0.308. The number of hydrogen-bond donors (Lipinski definition) is 0. The van der Waals surface area contributed by atoms with Crippen molar-refractivity contribution in [3.8, 4) is 45.0 Å². The SMILES string of the molecule is CC1(C)OB(c2cccc(-c3cccc(-c4ncnc(-c5cccc(-c6cccc(B7OC(C)(C)C(C)(C)O7)c6)c5)n4)c3)c2)OC1(C)C. The molecule has 242 valence electrons. The van der Waals surface area contributed by atoms with E-state index in [1.807, 2.05) is 36.4 Å². The van der Waals surface area contributed by atoms with Crippen LogP contribution in [0.5, 0.6) is 0 Å². The van der Waals surface area contributed by atoms with Crippen LogP contribution in [-0.2, 0) is 18.6 Å².